The van der Waals surface area contributed by atoms with Crippen LogP contribution in [0.3, 0.4) is 0 Å². The summed E-state index contributed by atoms with van der Waals surface area (Å²) in [4.78, 5) is 30.6. The molecule has 2 heterocycles. The van der Waals surface area contributed by atoms with E-state index >= 15 is 0 Å². The van der Waals surface area contributed by atoms with Crippen LogP contribution in [0.2, 0.25) is 5.02 Å². The molecule has 2 aromatic rings. The van der Waals surface area contributed by atoms with Crippen molar-refractivity contribution in [2.75, 3.05) is 33.2 Å². The van der Waals surface area contributed by atoms with E-state index in [4.69, 9.17) is 16.0 Å². The van der Waals surface area contributed by atoms with Gasteiger partial charge in [-0.05, 0) is 38.1 Å². The summed E-state index contributed by atoms with van der Waals surface area (Å²) in [6.45, 7) is 5.91. The predicted octanol–water partition coefficient (Wildman–Crippen LogP) is 3.19. The lowest BCUT2D eigenvalue weighted by molar-refractivity contribution is -0.136. The van der Waals surface area contributed by atoms with Crippen LogP contribution < -0.4 is 0 Å². The molecule has 0 aliphatic carbocycles. The maximum absolute atomic E-state index is 14.0. The maximum atomic E-state index is 14.0. The molecule has 0 radical (unpaired) electrons. The summed E-state index contributed by atoms with van der Waals surface area (Å²) < 4.78 is 19.4. The van der Waals surface area contributed by atoms with Crippen LogP contribution in [0.1, 0.15) is 28.8 Å². The van der Waals surface area contributed by atoms with Gasteiger partial charge >= 0.3 is 0 Å². The molecule has 8 heteroatoms. The monoisotopic (exact) mass is 421 g/mol. The maximum Gasteiger partial charge on any atom is 0.289 e. The minimum atomic E-state index is -0.426. The van der Waals surface area contributed by atoms with Crippen molar-refractivity contribution in [3.8, 4) is 0 Å². The van der Waals surface area contributed by atoms with Crippen LogP contribution in [-0.2, 0) is 11.3 Å². The van der Waals surface area contributed by atoms with Gasteiger partial charge in [-0.15, -0.1) is 0 Å². The van der Waals surface area contributed by atoms with E-state index in [1.54, 1.807) is 37.1 Å². The van der Waals surface area contributed by atoms with E-state index in [1.165, 1.54) is 17.0 Å². The molecule has 0 saturated carbocycles. The molecule has 3 rings (SSSR count). The van der Waals surface area contributed by atoms with Crippen molar-refractivity contribution in [1.29, 1.82) is 0 Å². The number of aryl methyl sites for hydroxylation is 1. The molecular formula is C21H25ClFN3O3. The Morgan fingerprint density at radius 3 is 2.48 bits per heavy atom. The number of piperazine rings is 1. The fourth-order valence-electron chi connectivity index (χ4n) is 3.49. The molecule has 6 nitrogen and oxygen atoms in total. The Morgan fingerprint density at radius 1 is 1.21 bits per heavy atom. The third-order valence-corrected chi connectivity index (χ3v) is 5.65. The first-order chi connectivity index (χ1) is 13.8. The van der Waals surface area contributed by atoms with Crippen LogP contribution >= 0.6 is 11.6 Å². The van der Waals surface area contributed by atoms with Gasteiger partial charge < -0.3 is 14.2 Å². The summed E-state index contributed by atoms with van der Waals surface area (Å²) in [7, 11) is 1.64. The first kappa shape index (κ1) is 21.3. The Balaban J connectivity index is 1.56. The molecule has 0 bridgehead atoms. The lowest BCUT2D eigenvalue weighted by Gasteiger charge is -2.38. The van der Waals surface area contributed by atoms with Crippen LogP contribution in [0.15, 0.2) is 34.7 Å². The molecule has 1 aromatic carbocycles. The lowest BCUT2D eigenvalue weighted by atomic mass is 10.1. The van der Waals surface area contributed by atoms with Crippen LogP contribution in [0, 0.1) is 12.7 Å². The van der Waals surface area contributed by atoms with Gasteiger partial charge in [0.15, 0.2) is 5.76 Å². The number of hydrogen-bond acceptors (Lipinski definition) is 4. The zero-order valence-electron chi connectivity index (χ0n) is 16.8. The Bertz CT molecular complexity index is 873. The minimum Gasteiger partial charge on any atom is -0.456 e. The molecule has 156 valence electrons. The highest BCUT2D eigenvalue weighted by Gasteiger charge is 2.30. The van der Waals surface area contributed by atoms with E-state index in [9.17, 15) is 14.0 Å². The highest BCUT2D eigenvalue weighted by Crippen LogP contribution is 2.21. The summed E-state index contributed by atoms with van der Waals surface area (Å²) in [6.07, 6.45) is 0. The highest BCUT2D eigenvalue weighted by atomic mass is 35.5. The summed E-state index contributed by atoms with van der Waals surface area (Å²) in [5.41, 5.74) is 0.307. The number of nitrogens with zero attached hydrogens (tertiary/aromatic N) is 3. The van der Waals surface area contributed by atoms with Crippen molar-refractivity contribution in [3.63, 3.8) is 0 Å². The van der Waals surface area contributed by atoms with Crippen LogP contribution in [0.4, 0.5) is 4.39 Å². The highest BCUT2D eigenvalue weighted by molar-refractivity contribution is 6.31. The van der Waals surface area contributed by atoms with E-state index in [-0.39, 0.29) is 24.4 Å². The Kier molecular flexibility index (Phi) is 6.59. The minimum absolute atomic E-state index is 0.102. The Hall–Kier alpha value is -2.38. The molecule has 2 amide bonds. The van der Waals surface area contributed by atoms with Gasteiger partial charge in [-0.3, -0.25) is 14.5 Å². The van der Waals surface area contributed by atoms with Gasteiger partial charge in [0, 0.05) is 50.4 Å². The second-order valence-corrected chi connectivity index (χ2v) is 7.72. The number of amides is 2. The summed E-state index contributed by atoms with van der Waals surface area (Å²) in [6, 6.07) is 7.55. The standard InChI is InChI=1S/C21H25ClFN3O3/c1-14-7-8-19(29-14)21(28)26-11-9-25(10-12-26)15(2)20(27)24(3)13-16-17(22)5-4-6-18(16)23/h4-8,15H,9-13H2,1-3H3. The van der Waals surface area contributed by atoms with E-state index in [2.05, 4.69) is 0 Å². The third-order valence-electron chi connectivity index (χ3n) is 5.29. The van der Waals surface area contributed by atoms with Crippen molar-refractivity contribution in [3.05, 3.63) is 58.3 Å². The SMILES string of the molecule is Cc1ccc(C(=O)N2CCN(C(C)C(=O)N(C)Cc3c(F)cccc3Cl)CC2)o1. The second-order valence-electron chi connectivity index (χ2n) is 7.31. The number of halogens is 2. The average molecular weight is 422 g/mol. The quantitative estimate of drug-likeness (QED) is 0.744. The largest absolute Gasteiger partial charge is 0.456 e. The van der Waals surface area contributed by atoms with E-state index in [1.807, 2.05) is 11.8 Å². The van der Waals surface area contributed by atoms with E-state index in [0.29, 0.717) is 48.3 Å². The molecule has 1 unspecified atom stereocenters. The van der Waals surface area contributed by atoms with Gasteiger partial charge in [0.2, 0.25) is 5.91 Å². The number of hydrogen-bond donors (Lipinski definition) is 0. The first-order valence-electron chi connectivity index (χ1n) is 9.55. The van der Waals surface area contributed by atoms with Crippen molar-refractivity contribution in [2.24, 2.45) is 0 Å². The van der Waals surface area contributed by atoms with Gasteiger partial charge in [0.25, 0.3) is 5.91 Å². The molecule has 1 aromatic heterocycles. The molecule has 0 N–H and O–H groups in total. The number of rotatable bonds is 5. The van der Waals surface area contributed by atoms with E-state index in [0.717, 1.165) is 0 Å². The summed E-state index contributed by atoms with van der Waals surface area (Å²) >= 11 is 6.07. The lowest BCUT2D eigenvalue weighted by Crippen LogP contribution is -2.55. The van der Waals surface area contributed by atoms with Crippen molar-refractivity contribution < 1.29 is 18.4 Å². The third kappa shape index (κ3) is 4.79. The summed E-state index contributed by atoms with van der Waals surface area (Å²) in [5, 5.41) is 0.303. The normalized spacial score (nSPS) is 16.0. The number of carbonyl (C=O) groups is 2. The van der Waals surface area contributed by atoms with Gasteiger partial charge in [-0.1, -0.05) is 17.7 Å². The number of benzene rings is 1. The molecule has 0 spiro atoms. The molecule has 29 heavy (non-hydrogen) atoms. The average Bonchev–Trinajstić information content (AvgIpc) is 3.15. The fraction of sp³-hybridized carbons (Fsp3) is 0.429. The fourth-order valence-corrected chi connectivity index (χ4v) is 3.71. The molecule has 1 aliphatic heterocycles. The molecule has 1 atom stereocenters. The van der Waals surface area contributed by atoms with Crippen LogP contribution in [0.25, 0.3) is 0 Å². The molecular weight excluding hydrogens is 397 g/mol. The topological polar surface area (TPSA) is 57.0 Å². The molecule has 1 aliphatic rings. The summed E-state index contributed by atoms with van der Waals surface area (Å²) in [5.74, 6) is 0.352. The van der Waals surface area contributed by atoms with Crippen molar-refractivity contribution in [2.45, 2.75) is 26.4 Å². The van der Waals surface area contributed by atoms with E-state index < -0.39 is 5.82 Å². The number of furan rings is 1. The molecule has 1 fully saturated rings. The second kappa shape index (κ2) is 8.97. The molecule has 1 saturated heterocycles. The smallest absolute Gasteiger partial charge is 0.289 e. The zero-order chi connectivity index (χ0) is 21.1. The number of carbonyl (C=O) groups excluding carboxylic acids is 2. The van der Waals surface area contributed by atoms with Crippen molar-refractivity contribution in [1.82, 2.24) is 14.7 Å². The Morgan fingerprint density at radius 2 is 1.90 bits per heavy atom. The van der Waals surface area contributed by atoms with Crippen molar-refractivity contribution >= 4 is 23.4 Å². The zero-order valence-corrected chi connectivity index (χ0v) is 17.6. The first-order valence-corrected chi connectivity index (χ1v) is 9.93. The number of likely N-dealkylation sites (N-methyl/N-ethyl adjacent to an activating group) is 1. The van der Waals surface area contributed by atoms with Gasteiger partial charge in [-0.2, -0.15) is 0 Å². The van der Waals surface area contributed by atoms with Gasteiger partial charge in [0.1, 0.15) is 11.6 Å². The van der Waals surface area contributed by atoms with Gasteiger partial charge in [-0.25, -0.2) is 4.39 Å². The van der Waals surface area contributed by atoms with Crippen LogP contribution in [0.5, 0.6) is 0 Å². The van der Waals surface area contributed by atoms with Crippen LogP contribution in [-0.4, -0.2) is 65.8 Å². The van der Waals surface area contributed by atoms with Gasteiger partial charge in [0.05, 0.1) is 6.04 Å². The Labute approximate surface area is 174 Å². The predicted molar refractivity (Wildman–Crippen MR) is 108 cm³/mol.